The highest BCUT2D eigenvalue weighted by molar-refractivity contribution is 5.42. The van der Waals surface area contributed by atoms with Gasteiger partial charge in [0.1, 0.15) is 18.5 Å². The van der Waals surface area contributed by atoms with E-state index >= 15 is 0 Å². The monoisotopic (exact) mass is 501 g/mol. The third-order valence-corrected chi connectivity index (χ3v) is 6.80. The van der Waals surface area contributed by atoms with Crippen LogP contribution in [0.5, 0.6) is 17.2 Å². The molecule has 3 atom stereocenters. The molecule has 2 aromatic rings. The van der Waals surface area contributed by atoms with Crippen molar-refractivity contribution in [1.82, 2.24) is 5.32 Å². The van der Waals surface area contributed by atoms with Crippen molar-refractivity contribution < 1.29 is 28.8 Å². The summed E-state index contributed by atoms with van der Waals surface area (Å²) in [5.74, 6) is 2.71. The van der Waals surface area contributed by atoms with E-state index in [1.54, 1.807) is 21.3 Å². The lowest BCUT2D eigenvalue weighted by Gasteiger charge is -2.33. The SMILES string of the molecule is COCCc1ccc(OC[C@@H](O)CN[C@@H]2CCCC[C@H]2COCCc2ccc(OC)c(OC)c2)cc1. The van der Waals surface area contributed by atoms with E-state index in [1.807, 2.05) is 36.4 Å². The molecule has 0 heterocycles. The lowest BCUT2D eigenvalue weighted by atomic mass is 9.85. The molecule has 2 N–H and O–H groups in total. The number of aliphatic hydroxyl groups is 1. The van der Waals surface area contributed by atoms with Gasteiger partial charge in [-0.3, -0.25) is 0 Å². The smallest absolute Gasteiger partial charge is 0.160 e. The first-order chi connectivity index (χ1) is 17.6. The summed E-state index contributed by atoms with van der Waals surface area (Å²) in [5.41, 5.74) is 2.37. The number of rotatable bonds is 16. The number of hydrogen-bond acceptors (Lipinski definition) is 7. The number of ether oxygens (including phenoxy) is 5. The fourth-order valence-corrected chi connectivity index (χ4v) is 4.65. The molecule has 0 aliphatic heterocycles. The summed E-state index contributed by atoms with van der Waals surface area (Å²) in [6.45, 7) is 2.88. The van der Waals surface area contributed by atoms with Gasteiger partial charge in [-0.1, -0.05) is 31.0 Å². The van der Waals surface area contributed by atoms with Crippen LogP contribution in [0.25, 0.3) is 0 Å². The largest absolute Gasteiger partial charge is 0.493 e. The molecule has 0 bridgehead atoms. The molecule has 0 radical (unpaired) electrons. The molecule has 7 heteroatoms. The van der Waals surface area contributed by atoms with Crippen molar-refractivity contribution in [3.05, 3.63) is 53.6 Å². The van der Waals surface area contributed by atoms with Crippen LogP contribution in [0, 0.1) is 5.92 Å². The first-order valence-corrected chi connectivity index (χ1v) is 13.0. The molecular formula is C29H43NO6. The number of benzene rings is 2. The topological polar surface area (TPSA) is 78.4 Å². The number of methoxy groups -OCH3 is 3. The maximum absolute atomic E-state index is 10.5. The molecule has 36 heavy (non-hydrogen) atoms. The van der Waals surface area contributed by atoms with Crippen LogP contribution in [-0.2, 0) is 22.3 Å². The Bertz CT molecular complexity index is 875. The second kappa shape index (κ2) is 15.7. The van der Waals surface area contributed by atoms with Crippen molar-refractivity contribution in [3.63, 3.8) is 0 Å². The molecule has 0 unspecified atom stereocenters. The second-order valence-electron chi connectivity index (χ2n) is 9.43. The van der Waals surface area contributed by atoms with Crippen LogP contribution in [0.2, 0.25) is 0 Å². The van der Waals surface area contributed by atoms with Crippen molar-refractivity contribution in [2.24, 2.45) is 5.92 Å². The lowest BCUT2D eigenvalue weighted by molar-refractivity contribution is 0.0610. The van der Waals surface area contributed by atoms with E-state index in [9.17, 15) is 5.11 Å². The molecule has 0 saturated heterocycles. The van der Waals surface area contributed by atoms with Gasteiger partial charge in [-0.2, -0.15) is 0 Å². The van der Waals surface area contributed by atoms with Gasteiger partial charge in [-0.15, -0.1) is 0 Å². The zero-order chi connectivity index (χ0) is 25.6. The molecule has 0 aromatic heterocycles. The molecule has 3 rings (SSSR count). The summed E-state index contributed by atoms with van der Waals surface area (Å²) in [5, 5.41) is 14.0. The Balaban J connectivity index is 1.36. The summed E-state index contributed by atoms with van der Waals surface area (Å²) in [6.07, 6.45) is 5.85. The van der Waals surface area contributed by atoms with Crippen molar-refractivity contribution in [1.29, 1.82) is 0 Å². The summed E-state index contributed by atoms with van der Waals surface area (Å²) >= 11 is 0. The first-order valence-electron chi connectivity index (χ1n) is 13.0. The van der Waals surface area contributed by atoms with Gasteiger partial charge in [0.2, 0.25) is 0 Å². The zero-order valence-electron chi connectivity index (χ0n) is 22.0. The van der Waals surface area contributed by atoms with Crippen molar-refractivity contribution in [2.45, 2.75) is 50.7 Å². The van der Waals surface area contributed by atoms with Crippen LogP contribution in [0.15, 0.2) is 42.5 Å². The first kappa shape index (κ1) is 28.3. The number of nitrogens with one attached hydrogen (secondary N) is 1. The highest BCUT2D eigenvalue weighted by Gasteiger charge is 2.25. The van der Waals surface area contributed by atoms with E-state index in [0.29, 0.717) is 31.7 Å². The van der Waals surface area contributed by atoms with Crippen LogP contribution >= 0.6 is 0 Å². The average Bonchev–Trinajstić information content (AvgIpc) is 2.92. The maximum Gasteiger partial charge on any atom is 0.160 e. The minimum Gasteiger partial charge on any atom is -0.493 e. The highest BCUT2D eigenvalue weighted by Crippen LogP contribution is 2.28. The Labute approximate surface area is 216 Å². The predicted molar refractivity (Wildman–Crippen MR) is 141 cm³/mol. The fraction of sp³-hybridized carbons (Fsp3) is 0.586. The minimum atomic E-state index is -0.563. The van der Waals surface area contributed by atoms with Gasteiger partial charge in [0.05, 0.1) is 34.0 Å². The van der Waals surface area contributed by atoms with E-state index in [-0.39, 0.29) is 6.61 Å². The van der Waals surface area contributed by atoms with Gasteiger partial charge in [-0.25, -0.2) is 0 Å². The van der Waals surface area contributed by atoms with Gasteiger partial charge >= 0.3 is 0 Å². The summed E-state index contributed by atoms with van der Waals surface area (Å²) in [6, 6.07) is 14.3. The predicted octanol–water partition coefficient (Wildman–Crippen LogP) is 4.04. The Morgan fingerprint density at radius 2 is 1.61 bits per heavy atom. The standard InChI is InChI=1S/C29H43NO6/c1-32-16-14-22-8-11-26(12-9-22)36-21-25(31)19-30-27-7-5-4-6-24(27)20-35-17-15-23-10-13-28(33-2)29(18-23)34-3/h8-13,18,24-25,27,30-31H,4-7,14-17,19-21H2,1-3H3/t24-,25-,27+/m0/s1. The van der Waals surface area contributed by atoms with E-state index in [0.717, 1.165) is 49.5 Å². The molecule has 1 fully saturated rings. The minimum absolute atomic E-state index is 0.267. The van der Waals surface area contributed by atoms with E-state index in [2.05, 4.69) is 11.4 Å². The van der Waals surface area contributed by atoms with Gasteiger partial charge in [0.15, 0.2) is 11.5 Å². The van der Waals surface area contributed by atoms with Crippen LogP contribution < -0.4 is 19.5 Å². The summed E-state index contributed by atoms with van der Waals surface area (Å²) in [7, 11) is 5.00. The fourth-order valence-electron chi connectivity index (χ4n) is 4.65. The quantitative estimate of drug-likeness (QED) is 0.336. The second-order valence-corrected chi connectivity index (χ2v) is 9.43. The number of aliphatic hydroxyl groups excluding tert-OH is 1. The van der Waals surface area contributed by atoms with Gasteiger partial charge in [0, 0.05) is 19.7 Å². The van der Waals surface area contributed by atoms with E-state index < -0.39 is 6.10 Å². The highest BCUT2D eigenvalue weighted by atomic mass is 16.5. The Hall–Kier alpha value is -2.32. The zero-order valence-corrected chi connectivity index (χ0v) is 22.0. The summed E-state index contributed by atoms with van der Waals surface area (Å²) < 4.78 is 27.7. The maximum atomic E-state index is 10.5. The third kappa shape index (κ3) is 9.28. The van der Waals surface area contributed by atoms with Crippen molar-refractivity contribution >= 4 is 0 Å². The van der Waals surface area contributed by atoms with Crippen LogP contribution in [-0.4, -0.2) is 71.6 Å². The molecule has 0 amide bonds. The molecule has 1 aliphatic carbocycles. The average molecular weight is 502 g/mol. The lowest BCUT2D eigenvalue weighted by Crippen LogP contribution is -2.44. The third-order valence-electron chi connectivity index (χ3n) is 6.80. The molecule has 2 aromatic carbocycles. The Kier molecular flexibility index (Phi) is 12.3. The van der Waals surface area contributed by atoms with Crippen LogP contribution in [0.4, 0.5) is 0 Å². The van der Waals surface area contributed by atoms with Crippen LogP contribution in [0.1, 0.15) is 36.8 Å². The summed E-state index contributed by atoms with van der Waals surface area (Å²) in [4.78, 5) is 0. The Morgan fingerprint density at radius 3 is 2.36 bits per heavy atom. The van der Waals surface area contributed by atoms with Gasteiger partial charge < -0.3 is 34.1 Å². The van der Waals surface area contributed by atoms with E-state index in [1.165, 1.54) is 24.0 Å². The van der Waals surface area contributed by atoms with Crippen molar-refractivity contribution in [3.8, 4) is 17.2 Å². The number of hydrogen-bond donors (Lipinski definition) is 2. The van der Waals surface area contributed by atoms with Crippen molar-refractivity contribution in [2.75, 3.05) is 54.3 Å². The van der Waals surface area contributed by atoms with E-state index in [4.69, 9.17) is 23.7 Å². The molecule has 0 spiro atoms. The molecule has 7 nitrogen and oxygen atoms in total. The normalized spacial score (nSPS) is 18.6. The van der Waals surface area contributed by atoms with Crippen LogP contribution in [0.3, 0.4) is 0 Å². The Morgan fingerprint density at radius 1 is 0.889 bits per heavy atom. The molecule has 1 saturated carbocycles. The van der Waals surface area contributed by atoms with Gasteiger partial charge in [0.25, 0.3) is 0 Å². The van der Waals surface area contributed by atoms with Gasteiger partial charge in [-0.05, 0) is 67.0 Å². The molecule has 1 aliphatic rings. The molecule has 200 valence electrons. The molecular weight excluding hydrogens is 458 g/mol.